The molecule has 22 heavy (non-hydrogen) atoms. The highest BCUT2D eigenvalue weighted by Crippen LogP contribution is 1.99. The Labute approximate surface area is 131 Å². The van der Waals surface area contributed by atoms with Crippen LogP contribution in [0.15, 0.2) is 30.3 Å². The summed E-state index contributed by atoms with van der Waals surface area (Å²) in [5.41, 5.74) is 10.9. The average molecular weight is 307 g/mol. The van der Waals surface area contributed by atoms with E-state index in [0.29, 0.717) is 0 Å². The van der Waals surface area contributed by atoms with Crippen molar-refractivity contribution in [2.75, 3.05) is 39.3 Å². The SMILES string of the molecule is C1CN1.Cc1ccccc1.NC(=O)N1CC1.NC(=O)N1CC1. The molecule has 0 unspecified atom stereocenters. The largest absolute Gasteiger partial charge is 0.351 e. The predicted octanol–water partition coefficient (Wildman–Crippen LogP) is 0.346. The Morgan fingerprint density at radius 1 is 0.909 bits per heavy atom. The molecule has 0 aromatic heterocycles. The van der Waals surface area contributed by atoms with Crippen molar-refractivity contribution in [3.8, 4) is 0 Å². The first kappa shape index (κ1) is 17.8. The van der Waals surface area contributed by atoms with E-state index in [4.69, 9.17) is 11.5 Å². The summed E-state index contributed by atoms with van der Waals surface area (Å²) in [6, 6.07) is 9.67. The van der Waals surface area contributed by atoms with Crippen LogP contribution in [0.1, 0.15) is 5.56 Å². The van der Waals surface area contributed by atoms with Gasteiger partial charge in [0.05, 0.1) is 0 Å². The van der Waals surface area contributed by atoms with E-state index in [0.717, 1.165) is 26.2 Å². The number of aryl methyl sites for hydroxylation is 1. The number of primary amides is 2. The van der Waals surface area contributed by atoms with Gasteiger partial charge < -0.3 is 26.6 Å². The van der Waals surface area contributed by atoms with Crippen molar-refractivity contribution in [2.24, 2.45) is 11.5 Å². The molecule has 0 saturated carbocycles. The summed E-state index contributed by atoms with van der Waals surface area (Å²) >= 11 is 0. The molecule has 7 heteroatoms. The van der Waals surface area contributed by atoms with Crippen molar-refractivity contribution < 1.29 is 9.59 Å². The highest BCUT2D eigenvalue weighted by Gasteiger charge is 2.20. The Balaban J connectivity index is 0.000000151. The number of hydrogen-bond donors (Lipinski definition) is 3. The van der Waals surface area contributed by atoms with Crippen LogP contribution in [-0.4, -0.2) is 61.1 Å². The molecule has 4 amide bonds. The molecule has 0 radical (unpaired) electrons. The molecule has 122 valence electrons. The van der Waals surface area contributed by atoms with Crippen molar-refractivity contribution in [1.82, 2.24) is 15.1 Å². The van der Waals surface area contributed by atoms with E-state index in [1.807, 2.05) is 18.2 Å². The van der Waals surface area contributed by atoms with Crippen LogP contribution in [0.4, 0.5) is 9.59 Å². The molecule has 0 spiro atoms. The second-order valence-electron chi connectivity index (χ2n) is 5.06. The Morgan fingerprint density at radius 2 is 1.27 bits per heavy atom. The number of benzene rings is 1. The lowest BCUT2D eigenvalue weighted by Gasteiger charge is -1.85. The molecule has 7 nitrogen and oxygen atoms in total. The Bertz CT molecular complexity index is 432. The fourth-order valence-corrected chi connectivity index (χ4v) is 1.08. The molecular formula is C15H25N5O2. The second-order valence-corrected chi connectivity index (χ2v) is 5.06. The van der Waals surface area contributed by atoms with Gasteiger partial charge in [0.15, 0.2) is 0 Å². The highest BCUT2D eigenvalue weighted by molar-refractivity contribution is 5.74. The van der Waals surface area contributed by atoms with Crippen LogP contribution < -0.4 is 16.8 Å². The van der Waals surface area contributed by atoms with Crippen molar-refractivity contribution in [1.29, 1.82) is 0 Å². The minimum Gasteiger partial charge on any atom is -0.351 e. The van der Waals surface area contributed by atoms with Gasteiger partial charge in [0, 0.05) is 39.3 Å². The first-order chi connectivity index (χ1) is 10.5. The number of amides is 4. The van der Waals surface area contributed by atoms with Crippen LogP contribution in [0.25, 0.3) is 0 Å². The topological polar surface area (TPSA) is 114 Å². The predicted molar refractivity (Wildman–Crippen MR) is 86.4 cm³/mol. The number of hydrogen-bond acceptors (Lipinski definition) is 3. The number of carbonyl (C=O) groups excluding carboxylic acids is 2. The highest BCUT2D eigenvalue weighted by atomic mass is 16.2. The van der Waals surface area contributed by atoms with Gasteiger partial charge in [0.2, 0.25) is 0 Å². The van der Waals surface area contributed by atoms with Crippen LogP contribution in [0.2, 0.25) is 0 Å². The molecule has 3 saturated heterocycles. The van der Waals surface area contributed by atoms with Crippen LogP contribution in [0.3, 0.4) is 0 Å². The summed E-state index contributed by atoms with van der Waals surface area (Å²) < 4.78 is 0. The molecular weight excluding hydrogens is 282 g/mol. The van der Waals surface area contributed by atoms with Gasteiger partial charge in [-0.15, -0.1) is 0 Å². The van der Waals surface area contributed by atoms with E-state index >= 15 is 0 Å². The minimum absolute atomic E-state index is 0.296. The molecule has 0 bridgehead atoms. The molecule has 4 rings (SSSR count). The minimum atomic E-state index is -0.296. The molecule has 0 atom stereocenters. The van der Waals surface area contributed by atoms with Crippen LogP contribution in [0, 0.1) is 6.92 Å². The van der Waals surface area contributed by atoms with Crippen LogP contribution in [-0.2, 0) is 0 Å². The summed E-state index contributed by atoms with van der Waals surface area (Å²) in [5, 5.41) is 3.00. The maximum atomic E-state index is 9.91. The third-order valence-electron chi connectivity index (χ3n) is 2.71. The fourth-order valence-electron chi connectivity index (χ4n) is 1.08. The van der Waals surface area contributed by atoms with E-state index in [2.05, 4.69) is 24.4 Å². The van der Waals surface area contributed by atoms with E-state index in [-0.39, 0.29) is 12.1 Å². The Hall–Kier alpha value is -2.28. The van der Waals surface area contributed by atoms with Crippen molar-refractivity contribution in [3.05, 3.63) is 35.9 Å². The molecule has 3 heterocycles. The average Bonchev–Trinajstić information content (AvgIpc) is 3.37. The molecule has 1 aromatic carbocycles. The number of nitrogens with two attached hydrogens (primary N) is 2. The third-order valence-corrected chi connectivity index (χ3v) is 2.71. The molecule has 0 aliphatic carbocycles. The van der Waals surface area contributed by atoms with Crippen molar-refractivity contribution in [3.63, 3.8) is 0 Å². The number of carbonyl (C=O) groups is 2. The van der Waals surface area contributed by atoms with Gasteiger partial charge in [-0.3, -0.25) is 0 Å². The quantitative estimate of drug-likeness (QED) is 0.601. The van der Waals surface area contributed by atoms with Crippen LogP contribution >= 0.6 is 0 Å². The normalized spacial score (nSPS) is 15.7. The van der Waals surface area contributed by atoms with Gasteiger partial charge in [0.1, 0.15) is 0 Å². The Kier molecular flexibility index (Phi) is 7.77. The van der Waals surface area contributed by atoms with Crippen molar-refractivity contribution in [2.45, 2.75) is 6.92 Å². The zero-order valence-corrected chi connectivity index (χ0v) is 13.0. The molecule has 3 fully saturated rings. The molecule has 5 N–H and O–H groups in total. The van der Waals surface area contributed by atoms with E-state index in [1.54, 1.807) is 9.80 Å². The lowest BCUT2D eigenvalue weighted by Crippen LogP contribution is -2.17. The lowest BCUT2D eigenvalue weighted by molar-refractivity contribution is 0.237. The van der Waals surface area contributed by atoms with Gasteiger partial charge in [-0.2, -0.15) is 0 Å². The number of nitrogens with one attached hydrogen (secondary N) is 1. The summed E-state index contributed by atoms with van der Waals surface area (Å²) in [6.45, 7) is 8.01. The third kappa shape index (κ3) is 11.5. The number of urea groups is 2. The van der Waals surface area contributed by atoms with Crippen molar-refractivity contribution >= 4 is 12.1 Å². The molecule has 3 aliphatic heterocycles. The summed E-state index contributed by atoms with van der Waals surface area (Å²) in [7, 11) is 0. The zero-order chi connectivity index (χ0) is 16.4. The molecule has 1 aromatic rings. The second kappa shape index (κ2) is 9.62. The Morgan fingerprint density at radius 3 is 1.36 bits per heavy atom. The maximum absolute atomic E-state index is 9.91. The first-order valence-corrected chi connectivity index (χ1v) is 7.32. The fraction of sp³-hybridized carbons (Fsp3) is 0.467. The van der Waals surface area contributed by atoms with E-state index < -0.39 is 0 Å². The first-order valence-electron chi connectivity index (χ1n) is 7.32. The zero-order valence-electron chi connectivity index (χ0n) is 13.0. The lowest BCUT2D eigenvalue weighted by atomic mass is 10.2. The standard InChI is InChI=1S/C7H8.2C3H6N2O.C2H5N/c1-7-5-3-2-4-6-7;2*4-3(6)5-1-2-5;1-2-3-1/h2-6H,1H3;2*1-2H2,(H2,4,6);3H,1-2H2. The van der Waals surface area contributed by atoms with E-state index in [1.165, 1.54) is 18.7 Å². The van der Waals surface area contributed by atoms with Gasteiger partial charge in [-0.1, -0.05) is 35.9 Å². The summed E-state index contributed by atoms with van der Waals surface area (Å²) in [6.07, 6.45) is 0. The number of nitrogens with zero attached hydrogens (tertiary/aromatic N) is 2. The number of rotatable bonds is 0. The summed E-state index contributed by atoms with van der Waals surface area (Å²) in [4.78, 5) is 22.9. The molecule has 3 aliphatic rings. The van der Waals surface area contributed by atoms with Crippen LogP contribution in [0.5, 0.6) is 0 Å². The van der Waals surface area contributed by atoms with Gasteiger partial charge in [0.25, 0.3) is 0 Å². The van der Waals surface area contributed by atoms with Gasteiger partial charge in [-0.05, 0) is 6.92 Å². The monoisotopic (exact) mass is 307 g/mol. The van der Waals surface area contributed by atoms with Gasteiger partial charge >= 0.3 is 12.1 Å². The van der Waals surface area contributed by atoms with E-state index in [9.17, 15) is 9.59 Å². The smallest absolute Gasteiger partial charge is 0.314 e. The summed E-state index contributed by atoms with van der Waals surface area (Å²) in [5.74, 6) is 0. The maximum Gasteiger partial charge on any atom is 0.314 e. The van der Waals surface area contributed by atoms with Gasteiger partial charge in [-0.25, -0.2) is 9.59 Å².